The summed E-state index contributed by atoms with van der Waals surface area (Å²) in [6.45, 7) is 2.13. The number of pyridine rings is 1. The topological polar surface area (TPSA) is 39.8 Å². The summed E-state index contributed by atoms with van der Waals surface area (Å²) >= 11 is 0. The summed E-state index contributed by atoms with van der Waals surface area (Å²) in [5, 5.41) is 5.98. The monoisotopic (exact) mass is 343 g/mol. The maximum Gasteiger partial charge on any atom is 0.263 e. The summed E-state index contributed by atoms with van der Waals surface area (Å²) < 4.78 is 3.61. The maximum absolute atomic E-state index is 13.6. The van der Waals surface area contributed by atoms with E-state index in [9.17, 15) is 4.79 Å². The zero-order valence-corrected chi connectivity index (χ0v) is 15.0. The number of nitrogens with zero attached hydrogens (tertiary/aromatic N) is 3. The molecular weight excluding hydrogens is 322 g/mol. The van der Waals surface area contributed by atoms with Crippen LogP contribution in [-0.4, -0.2) is 14.3 Å². The van der Waals surface area contributed by atoms with Crippen LogP contribution in [0, 0.1) is 0 Å². The van der Waals surface area contributed by atoms with E-state index >= 15 is 0 Å². The first-order valence-corrected chi connectivity index (χ1v) is 8.91. The fourth-order valence-corrected chi connectivity index (χ4v) is 3.52. The molecule has 0 saturated heterocycles. The smallest absolute Gasteiger partial charge is 0.263 e. The average Bonchev–Trinajstić information content (AvgIpc) is 3.09. The summed E-state index contributed by atoms with van der Waals surface area (Å²) in [4.78, 5) is 13.6. The highest BCUT2D eigenvalue weighted by Crippen LogP contribution is 2.27. The van der Waals surface area contributed by atoms with E-state index in [1.54, 1.807) is 10.9 Å². The average molecular weight is 343 g/mol. The molecule has 4 aromatic rings. The molecule has 26 heavy (non-hydrogen) atoms. The summed E-state index contributed by atoms with van der Waals surface area (Å²) in [5.74, 6) is 0. The van der Waals surface area contributed by atoms with Gasteiger partial charge in [0.05, 0.1) is 11.6 Å². The van der Waals surface area contributed by atoms with E-state index in [1.807, 2.05) is 66.3 Å². The van der Waals surface area contributed by atoms with Crippen molar-refractivity contribution in [2.75, 3.05) is 0 Å². The van der Waals surface area contributed by atoms with Gasteiger partial charge in [-0.15, -0.1) is 0 Å². The van der Waals surface area contributed by atoms with Gasteiger partial charge in [0.1, 0.15) is 0 Å². The van der Waals surface area contributed by atoms with Crippen molar-refractivity contribution in [3.8, 4) is 16.8 Å². The molecule has 2 heterocycles. The molecule has 4 nitrogen and oxygen atoms in total. The first-order chi connectivity index (χ1) is 12.7. The van der Waals surface area contributed by atoms with Crippen molar-refractivity contribution in [2.45, 2.75) is 19.8 Å². The van der Waals surface area contributed by atoms with Gasteiger partial charge < -0.3 is 0 Å². The minimum Gasteiger partial charge on any atom is -0.281 e. The molecule has 0 spiro atoms. The van der Waals surface area contributed by atoms with Gasteiger partial charge in [-0.05, 0) is 35.6 Å². The highest BCUT2D eigenvalue weighted by atomic mass is 16.1. The van der Waals surface area contributed by atoms with E-state index < -0.39 is 0 Å². The zero-order chi connectivity index (χ0) is 18.1. The van der Waals surface area contributed by atoms with Gasteiger partial charge in [-0.2, -0.15) is 5.10 Å². The summed E-state index contributed by atoms with van der Waals surface area (Å²) in [5.41, 5.74) is 3.85. The van der Waals surface area contributed by atoms with Crippen LogP contribution in [0.5, 0.6) is 0 Å². The van der Waals surface area contributed by atoms with Crippen molar-refractivity contribution in [3.05, 3.63) is 83.0 Å². The standard InChI is InChI=1S/C22H21N3O/c1-3-8-19-13-16-9-7-12-20(17-14-23-24(2)15-17)21(16)22(26)25(19)18-10-5-4-6-11-18/h4-7,9-15H,3,8H2,1-2H3. The third kappa shape index (κ3) is 2.73. The quantitative estimate of drug-likeness (QED) is 0.553. The Labute approximate surface area is 152 Å². The van der Waals surface area contributed by atoms with Crippen molar-refractivity contribution < 1.29 is 0 Å². The lowest BCUT2D eigenvalue weighted by Gasteiger charge is -2.15. The molecule has 0 saturated carbocycles. The van der Waals surface area contributed by atoms with Gasteiger partial charge in [-0.3, -0.25) is 14.0 Å². The molecule has 0 amide bonds. The Kier molecular flexibility index (Phi) is 4.17. The molecule has 130 valence electrons. The molecule has 4 rings (SSSR count). The Balaban J connectivity index is 2.08. The SMILES string of the molecule is CCCc1cc2cccc(-c3cnn(C)c3)c2c(=O)n1-c1ccccc1. The van der Waals surface area contributed by atoms with Crippen LogP contribution in [0.3, 0.4) is 0 Å². The molecule has 0 atom stereocenters. The predicted octanol–water partition coefficient (Wildman–Crippen LogP) is 4.34. The molecule has 0 fully saturated rings. The van der Waals surface area contributed by atoms with E-state index in [0.717, 1.165) is 46.1 Å². The third-order valence-corrected chi connectivity index (χ3v) is 4.66. The second-order valence-electron chi connectivity index (χ2n) is 6.53. The summed E-state index contributed by atoms with van der Waals surface area (Å²) in [6.07, 6.45) is 5.60. The molecule has 2 aromatic carbocycles. The van der Waals surface area contributed by atoms with Crippen molar-refractivity contribution in [2.24, 2.45) is 7.05 Å². The minimum atomic E-state index is 0.0246. The molecule has 0 aliphatic rings. The van der Waals surface area contributed by atoms with Crippen LogP contribution >= 0.6 is 0 Å². The fourth-order valence-electron chi connectivity index (χ4n) is 3.52. The number of rotatable bonds is 4. The largest absolute Gasteiger partial charge is 0.281 e. The third-order valence-electron chi connectivity index (χ3n) is 4.66. The molecule has 2 aromatic heterocycles. The van der Waals surface area contributed by atoms with Gasteiger partial charge in [0.2, 0.25) is 0 Å². The van der Waals surface area contributed by atoms with Gasteiger partial charge in [0.15, 0.2) is 0 Å². The summed E-state index contributed by atoms with van der Waals surface area (Å²) in [7, 11) is 1.89. The molecule has 0 unspecified atom stereocenters. The molecule has 0 radical (unpaired) electrons. The Bertz CT molecular complexity index is 1120. The van der Waals surface area contributed by atoms with Crippen LogP contribution in [0.1, 0.15) is 19.0 Å². The molecule has 0 aliphatic carbocycles. The second kappa shape index (κ2) is 6.64. The maximum atomic E-state index is 13.6. The normalized spacial score (nSPS) is 11.2. The Morgan fingerprint density at radius 3 is 2.54 bits per heavy atom. The number of benzene rings is 2. The zero-order valence-electron chi connectivity index (χ0n) is 15.0. The first-order valence-electron chi connectivity index (χ1n) is 8.91. The lowest BCUT2D eigenvalue weighted by molar-refractivity contribution is 0.768. The van der Waals surface area contributed by atoms with Crippen molar-refractivity contribution >= 4 is 10.8 Å². The van der Waals surface area contributed by atoms with Crippen LogP contribution in [0.4, 0.5) is 0 Å². The van der Waals surface area contributed by atoms with Crippen molar-refractivity contribution in [3.63, 3.8) is 0 Å². The van der Waals surface area contributed by atoms with Gasteiger partial charge in [-0.25, -0.2) is 0 Å². The number of fused-ring (bicyclic) bond motifs is 1. The minimum absolute atomic E-state index is 0.0246. The lowest BCUT2D eigenvalue weighted by Crippen LogP contribution is -2.22. The number of para-hydroxylation sites is 1. The Hall–Kier alpha value is -3.14. The van der Waals surface area contributed by atoms with Gasteiger partial charge in [-0.1, -0.05) is 49.7 Å². The van der Waals surface area contributed by atoms with Gasteiger partial charge in [0, 0.05) is 30.2 Å². The number of aromatic nitrogens is 3. The molecule has 0 N–H and O–H groups in total. The van der Waals surface area contributed by atoms with E-state index in [2.05, 4.69) is 18.1 Å². The highest BCUT2D eigenvalue weighted by Gasteiger charge is 2.15. The van der Waals surface area contributed by atoms with Crippen LogP contribution in [0.25, 0.3) is 27.6 Å². The number of aryl methyl sites for hydroxylation is 2. The van der Waals surface area contributed by atoms with Crippen LogP contribution in [0.2, 0.25) is 0 Å². The second-order valence-corrected chi connectivity index (χ2v) is 6.53. The van der Waals surface area contributed by atoms with Crippen LogP contribution < -0.4 is 5.56 Å². The molecular formula is C22H21N3O. The van der Waals surface area contributed by atoms with Gasteiger partial charge in [0.25, 0.3) is 5.56 Å². The summed E-state index contributed by atoms with van der Waals surface area (Å²) in [6, 6.07) is 18.0. The number of hydrogen-bond donors (Lipinski definition) is 0. The fraction of sp³-hybridized carbons (Fsp3) is 0.182. The van der Waals surface area contributed by atoms with E-state index in [-0.39, 0.29) is 5.56 Å². The van der Waals surface area contributed by atoms with Gasteiger partial charge >= 0.3 is 0 Å². The molecule has 0 aliphatic heterocycles. The Morgan fingerprint density at radius 2 is 1.85 bits per heavy atom. The number of hydrogen-bond acceptors (Lipinski definition) is 2. The predicted molar refractivity (Wildman–Crippen MR) is 106 cm³/mol. The van der Waals surface area contributed by atoms with Crippen LogP contribution in [-0.2, 0) is 13.5 Å². The first kappa shape index (κ1) is 16.3. The van der Waals surface area contributed by atoms with Crippen molar-refractivity contribution in [1.29, 1.82) is 0 Å². The van der Waals surface area contributed by atoms with E-state index in [4.69, 9.17) is 0 Å². The molecule has 4 heteroatoms. The molecule has 0 bridgehead atoms. The Morgan fingerprint density at radius 1 is 1.04 bits per heavy atom. The van der Waals surface area contributed by atoms with Crippen molar-refractivity contribution in [1.82, 2.24) is 14.3 Å². The van der Waals surface area contributed by atoms with E-state index in [0.29, 0.717) is 0 Å². The highest BCUT2D eigenvalue weighted by molar-refractivity contribution is 5.96. The van der Waals surface area contributed by atoms with Crippen LogP contribution in [0.15, 0.2) is 71.8 Å². The van der Waals surface area contributed by atoms with E-state index in [1.165, 1.54) is 0 Å². The lowest BCUT2D eigenvalue weighted by atomic mass is 10.00.